The normalized spacial score (nSPS) is 26.6. The highest BCUT2D eigenvalue weighted by molar-refractivity contribution is 14.0. The number of nitrogens with one attached hydrogen (secondary N) is 2. The molecule has 1 heterocycles. The molecule has 0 aromatic carbocycles. The van der Waals surface area contributed by atoms with Crippen LogP contribution in [0.2, 0.25) is 0 Å². The molecule has 3 atom stereocenters. The van der Waals surface area contributed by atoms with Crippen molar-refractivity contribution >= 4 is 35.8 Å². The molecule has 7 heteroatoms. The molecular formula is C19H37IN4O2. The molecule has 1 saturated carbocycles. The summed E-state index contributed by atoms with van der Waals surface area (Å²) in [4.78, 5) is 18.0. The molecule has 2 aliphatic rings. The molecule has 1 amide bonds. The van der Waals surface area contributed by atoms with Gasteiger partial charge in [0.1, 0.15) is 6.54 Å². The fraction of sp³-hybridized carbons (Fsp3) is 0.895. The lowest BCUT2D eigenvalue weighted by Crippen LogP contribution is -2.48. The van der Waals surface area contributed by atoms with E-state index in [1.165, 1.54) is 38.5 Å². The van der Waals surface area contributed by atoms with Crippen LogP contribution in [0.1, 0.15) is 58.3 Å². The third-order valence-corrected chi connectivity index (χ3v) is 5.34. The van der Waals surface area contributed by atoms with Crippen molar-refractivity contribution in [2.24, 2.45) is 10.9 Å². The third kappa shape index (κ3) is 8.41. The van der Waals surface area contributed by atoms with E-state index in [0.29, 0.717) is 18.1 Å². The maximum absolute atomic E-state index is 11.9. The molecule has 0 spiro atoms. The monoisotopic (exact) mass is 480 g/mol. The second-order valence-corrected chi connectivity index (χ2v) is 7.67. The SMILES string of the molecule is CC1CCCCC1NC(=NCC(=O)N(C)C)NCCC1CCCCO1.I. The largest absolute Gasteiger partial charge is 0.378 e. The summed E-state index contributed by atoms with van der Waals surface area (Å²) in [6.45, 7) is 4.20. The molecular weight excluding hydrogens is 443 g/mol. The molecule has 3 unspecified atom stereocenters. The van der Waals surface area contributed by atoms with E-state index in [4.69, 9.17) is 4.74 Å². The van der Waals surface area contributed by atoms with Gasteiger partial charge >= 0.3 is 0 Å². The molecule has 2 N–H and O–H groups in total. The lowest BCUT2D eigenvalue weighted by atomic mass is 9.86. The Hall–Kier alpha value is -0.570. The van der Waals surface area contributed by atoms with Crippen LogP contribution in [-0.4, -0.2) is 62.7 Å². The average molecular weight is 480 g/mol. The van der Waals surface area contributed by atoms with E-state index in [9.17, 15) is 4.79 Å². The van der Waals surface area contributed by atoms with Crippen LogP contribution >= 0.6 is 24.0 Å². The number of carbonyl (C=O) groups excluding carboxylic acids is 1. The Kier molecular flexibility index (Phi) is 11.5. The van der Waals surface area contributed by atoms with E-state index in [-0.39, 0.29) is 36.4 Å². The van der Waals surface area contributed by atoms with Gasteiger partial charge in [-0.2, -0.15) is 0 Å². The van der Waals surface area contributed by atoms with Gasteiger partial charge in [0.05, 0.1) is 6.10 Å². The van der Waals surface area contributed by atoms with Crippen LogP contribution < -0.4 is 10.6 Å². The minimum absolute atomic E-state index is 0. The smallest absolute Gasteiger partial charge is 0.243 e. The van der Waals surface area contributed by atoms with Crippen molar-refractivity contribution in [1.82, 2.24) is 15.5 Å². The molecule has 1 aliphatic carbocycles. The first-order valence-electron chi connectivity index (χ1n) is 9.93. The number of guanidine groups is 1. The summed E-state index contributed by atoms with van der Waals surface area (Å²) in [6.07, 6.45) is 9.97. The van der Waals surface area contributed by atoms with Crippen LogP contribution in [0.15, 0.2) is 4.99 Å². The van der Waals surface area contributed by atoms with Gasteiger partial charge in [0.15, 0.2) is 5.96 Å². The van der Waals surface area contributed by atoms with Crippen LogP contribution in [0.25, 0.3) is 0 Å². The molecule has 152 valence electrons. The van der Waals surface area contributed by atoms with E-state index in [2.05, 4.69) is 22.5 Å². The summed E-state index contributed by atoms with van der Waals surface area (Å²) < 4.78 is 5.80. The maximum Gasteiger partial charge on any atom is 0.243 e. The fourth-order valence-corrected chi connectivity index (χ4v) is 3.53. The van der Waals surface area contributed by atoms with Gasteiger partial charge < -0.3 is 20.3 Å². The minimum Gasteiger partial charge on any atom is -0.378 e. The van der Waals surface area contributed by atoms with E-state index < -0.39 is 0 Å². The number of aliphatic imine (C=N–C) groups is 1. The van der Waals surface area contributed by atoms with Crippen LogP contribution in [-0.2, 0) is 9.53 Å². The Balaban J connectivity index is 0.00000338. The zero-order chi connectivity index (χ0) is 18.1. The zero-order valence-electron chi connectivity index (χ0n) is 16.6. The topological polar surface area (TPSA) is 66.0 Å². The predicted octanol–water partition coefficient (Wildman–Crippen LogP) is 2.77. The highest BCUT2D eigenvalue weighted by Crippen LogP contribution is 2.23. The second kappa shape index (κ2) is 12.8. The lowest BCUT2D eigenvalue weighted by molar-refractivity contribution is -0.127. The Bertz CT molecular complexity index is 439. The highest BCUT2D eigenvalue weighted by atomic mass is 127. The van der Waals surface area contributed by atoms with Crippen molar-refractivity contribution in [3.8, 4) is 0 Å². The Morgan fingerprint density at radius 2 is 1.88 bits per heavy atom. The standard InChI is InChI=1S/C19H36N4O2.HI/c1-15-8-4-5-10-17(15)22-19(21-14-18(24)23(2)3)20-12-11-16-9-6-7-13-25-16;/h15-17H,4-14H2,1-3H3,(H2,20,21,22);1H. The summed E-state index contributed by atoms with van der Waals surface area (Å²) >= 11 is 0. The summed E-state index contributed by atoms with van der Waals surface area (Å²) in [5.74, 6) is 1.44. The average Bonchev–Trinajstić information content (AvgIpc) is 2.61. The molecule has 1 aliphatic heterocycles. The number of hydrogen-bond donors (Lipinski definition) is 2. The summed E-state index contributed by atoms with van der Waals surface area (Å²) in [7, 11) is 3.53. The molecule has 0 radical (unpaired) electrons. The number of halogens is 1. The summed E-state index contributed by atoms with van der Waals surface area (Å²) in [6, 6.07) is 0.445. The van der Waals surface area contributed by atoms with Crippen molar-refractivity contribution in [3.05, 3.63) is 0 Å². The van der Waals surface area contributed by atoms with Crippen LogP contribution in [0.3, 0.4) is 0 Å². The van der Waals surface area contributed by atoms with Gasteiger partial charge in [0.2, 0.25) is 5.91 Å². The Morgan fingerprint density at radius 3 is 2.54 bits per heavy atom. The van der Waals surface area contributed by atoms with E-state index in [1.54, 1.807) is 19.0 Å². The molecule has 6 nitrogen and oxygen atoms in total. The van der Waals surface area contributed by atoms with E-state index in [1.807, 2.05) is 0 Å². The molecule has 0 aromatic rings. The van der Waals surface area contributed by atoms with Crippen molar-refractivity contribution in [2.75, 3.05) is 33.8 Å². The molecule has 2 rings (SSSR count). The molecule has 26 heavy (non-hydrogen) atoms. The van der Waals surface area contributed by atoms with E-state index in [0.717, 1.165) is 32.0 Å². The number of likely N-dealkylation sites (N-methyl/N-ethyl adjacent to an activating group) is 1. The predicted molar refractivity (Wildman–Crippen MR) is 117 cm³/mol. The second-order valence-electron chi connectivity index (χ2n) is 7.67. The quantitative estimate of drug-likeness (QED) is 0.349. The molecule has 1 saturated heterocycles. The summed E-state index contributed by atoms with van der Waals surface area (Å²) in [5, 5.41) is 6.98. The van der Waals surface area contributed by atoms with Gasteiger partial charge in [0.25, 0.3) is 0 Å². The van der Waals surface area contributed by atoms with Crippen LogP contribution in [0, 0.1) is 5.92 Å². The first-order valence-corrected chi connectivity index (χ1v) is 9.93. The van der Waals surface area contributed by atoms with Crippen molar-refractivity contribution in [3.63, 3.8) is 0 Å². The van der Waals surface area contributed by atoms with E-state index >= 15 is 0 Å². The number of amides is 1. The Labute approximate surface area is 175 Å². The van der Waals surface area contributed by atoms with Gasteiger partial charge in [-0.15, -0.1) is 24.0 Å². The maximum atomic E-state index is 11.9. The molecule has 2 fully saturated rings. The number of nitrogens with zero attached hydrogens (tertiary/aromatic N) is 2. The molecule has 0 bridgehead atoms. The van der Waals surface area contributed by atoms with Gasteiger partial charge in [-0.05, 0) is 44.4 Å². The number of carbonyl (C=O) groups is 1. The van der Waals surface area contributed by atoms with Gasteiger partial charge in [-0.3, -0.25) is 4.79 Å². The van der Waals surface area contributed by atoms with Crippen molar-refractivity contribution in [2.45, 2.75) is 70.4 Å². The highest BCUT2D eigenvalue weighted by Gasteiger charge is 2.22. The van der Waals surface area contributed by atoms with Gasteiger partial charge in [0, 0.05) is 33.3 Å². The summed E-state index contributed by atoms with van der Waals surface area (Å²) in [5.41, 5.74) is 0. The van der Waals surface area contributed by atoms with Gasteiger partial charge in [-0.1, -0.05) is 19.8 Å². The van der Waals surface area contributed by atoms with Crippen LogP contribution in [0.4, 0.5) is 0 Å². The lowest BCUT2D eigenvalue weighted by Gasteiger charge is -2.31. The third-order valence-electron chi connectivity index (χ3n) is 5.34. The first-order chi connectivity index (χ1) is 12.1. The Morgan fingerprint density at radius 1 is 1.15 bits per heavy atom. The van der Waals surface area contributed by atoms with Crippen molar-refractivity contribution in [1.29, 1.82) is 0 Å². The zero-order valence-corrected chi connectivity index (χ0v) is 19.0. The first kappa shape index (κ1) is 23.5. The van der Waals surface area contributed by atoms with Crippen molar-refractivity contribution < 1.29 is 9.53 Å². The number of hydrogen-bond acceptors (Lipinski definition) is 3. The number of ether oxygens (including phenoxy) is 1. The fourth-order valence-electron chi connectivity index (χ4n) is 3.53. The van der Waals surface area contributed by atoms with Crippen LogP contribution in [0.5, 0.6) is 0 Å². The van der Waals surface area contributed by atoms with Gasteiger partial charge in [-0.25, -0.2) is 4.99 Å². The molecule has 0 aromatic heterocycles. The minimum atomic E-state index is 0. The number of rotatable bonds is 6.